The van der Waals surface area contributed by atoms with E-state index in [1.54, 1.807) is 23.5 Å². The van der Waals surface area contributed by atoms with Crippen molar-refractivity contribution in [1.82, 2.24) is 0 Å². The molecule has 0 spiro atoms. The third-order valence-corrected chi connectivity index (χ3v) is 2.41. The standard InChI is InChI=1S/C11H11FS/c1-2-5-10(6-3-8-12)11-7-4-9-13-11/h2-7,9H,1,8H2/b6-3-,10-5+. The maximum atomic E-state index is 11.9. The Morgan fingerprint density at radius 3 is 3.00 bits per heavy atom. The molecule has 0 saturated carbocycles. The van der Waals surface area contributed by atoms with Crippen LogP contribution in [-0.4, -0.2) is 6.67 Å². The smallest absolute Gasteiger partial charge is 0.108 e. The van der Waals surface area contributed by atoms with Gasteiger partial charge in [-0.25, -0.2) is 4.39 Å². The normalized spacial score (nSPS) is 12.2. The molecule has 0 aromatic carbocycles. The third-order valence-electron chi connectivity index (χ3n) is 1.49. The molecule has 0 bridgehead atoms. The lowest BCUT2D eigenvalue weighted by molar-refractivity contribution is 0.562. The van der Waals surface area contributed by atoms with Crippen LogP contribution in [0.4, 0.5) is 4.39 Å². The second-order valence-electron chi connectivity index (χ2n) is 2.39. The van der Waals surface area contributed by atoms with E-state index in [1.807, 2.05) is 23.6 Å². The van der Waals surface area contributed by atoms with Crippen LogP contribution in [0.5, 0.6) is 0 Å². The van der Waals surface area contributed by atoms with E-state index >= 15 is 0 Å². The van der Waals surface area contributed by atoms with Gasteiger partial charge in [-0.15, -0.1) is 11.3 Å². The van der Waals surface area contributed by atoms with E-state index in [0.717, 1.165) is 10.5 Å². The van der Waals surface area contributed by atoms with Gasteiger partial charge in [0.25, 0.3) is 0 Å². The van der Waals surface area contributed by atoms with Crippen molar-refractivity contribution >= 4 is 16.9 Å². The molecule has 0 saturated heterocycles. The van der Waals surface area contributed by atoms with Crippen molar-refractivity contribution < 1.29 is 4.39 Å². The highest BCUT2D eigenvalue weighted by molar-refractivity contribution is 7.11. The molecule has 0 atom stereocenters. The molecule has 1 aromatic heterocycles. The van der Waals surface area contributed by atoms with Crippen LogP contribution in [0.25, 0.3) is 5.57 Å². The van der Waals surface area contributed by atoms with Crippen molar-refractivity contribution in [2.75, 3.05) is 6.67 Å². The Kier molecular flexibility index (Phi) is 4.19. The number of halogens is 1. The molecular formula is C11H11FS. The Morgan fingerprint density at radius 2 is 2.46 bits per heavy atom. The molecule has 0 aliphatic heterocycles. The molecule has 0 N–H and O–H groups in total. The summed E-state index contributed by atoms with van der Waals surface area (Å²) in [5, 5.41) is 2.00. The summed E-state index contributed by atoms with van der Waals surface area (Å²) in [6.07, 6.45) is 6.85. The van der Waals surface area contributed by atoms with Crippen LogP contribution in [0.15, 0.2) is 48.4 Å². The zero-order chi connectivity index (χ0) is 9.52. The van der Waals surface area contributed by atoms with Crippen molar-refractivity contribution in [3.63, 3.8) is 0 Å². The highest BCUT2D eigenvalue weighted by Gasteiger charge is 1.96. The number of hydrogen-bond acceptors (Lipinski definition) is 1. The maximum absolute atomic E-state index is 11.9. The quantitative estimate of drug-likeness (QED) is 0.639. The minimum atomic E-state index is -0.431. The Labute approximate surface area is 81.7 Å². The number of rotatable bonds is 4. The monoisotopic (exact) mass is 194 g/mol. The molecular weight excluding hydrogens is 183 g/mol. The molecule has 13 heavy (non-hydrogen) atoms. The first-order valence-electron chi connectivity index (χ1n) is 3.97. The first kappa shape index (κ1) is 9.93. The van der Waals surface area contributed by atoms with Crippen LogP contribution < -0.4 is 0 Å². The van der Waals surface area contributed by atoms with Crippen molar-refractivity contribution in [2.45, 2.75) is 0 Å². The molecule has 68 valence electrons. The summed E-state index contributed by atoms with van der Waals surface area (Å²) >= 11 is 1.63. The van der Waals surface area contributed by atoms with Crippen LogP contribution in [-0.2, 0) is 0 Å². The third kappa shape index (κ3) is 2.99. The summed E-state index contributed by atoms with van der Waals surface area (Å²) in [7, 11) is 0. The van der Waals surface area contributed by atoms with Gasteiger partial charge in [-0.2, -0.15) is 0 Å². The van der Waals surface area contributed by atoms with Gasteiger partial charge in [0.15, 0.2) is 0 Å². The summed E-state index contributed by atoms with van der Waals surface area (Å²) < 4.78 is 11.9. The van der Waals surface area contributed by atoms with E-state index in [-0.39, 0.29) is 0 Å². The Bertz CT molecular complexity index is 307. The Morgan fingerprint density at radius 1 is 1.62 bits per heavy atom. The van der Waals surface area contributed by atoms with E-state index in [9.17, 15) is 4.39 Å². The molecule has 1 heterocycles. The van der Waals surface area contributed by atoms with Gasteiger partial charge in [-0.3, -0.25) is 0 Å². The van der Waals surface area contributed by atoms with Crippen LogP contribution in [0.3, 0.4) is 0 Å². The van der Waals surface area contributed by atoms with Gasteiger partial charge < -0.3 is 0 Å². The lowest BCUT2D eigenvalue weighted by Crippen LogP contribution is -1.73. The highest BCUT2D eigenvalue weighted by Crippen LogP contribution is 2.21. The predicted molar refractivity (Wildman–Crippen MR) is 57.6 cm³/mol. The first-order valence-corrected chi connectivity index (χ1v) is 4.85. The van der Waals surface area contributed by atoms with E-state index in [4.69, 9.17) is 0 Å². The van der Waals surface area contributed by atoms with Gasteiger partial charge in [-0.05, 0) is 17.0 Å². The van der Waals surface area contributed by atoms with E-state index in [1.165, 1.54) is 6.08 Å². The summed E-state index contributed by atoms with van der Waals surface area (Å²) in [5.74, 6) is 0. The minimum Gasteiger partial charge on any atom is -0.247 e. The van der Waals surface area contributed by atoms with Crippen molar-refractivity contribution in [3.8, 4) is 0 Å². The van der Waals surface area contributed by atoms with Gasteiger partial charge in [0.2, 0.25) is 0 Å². The molecule has 0 aliphatic carbocycles. The topological polar surface area (TPSA) is 0 Å². The Balaban J connectivity index is 2.87. The molecule has 1 aromatic rings. The molecule has 0 fully saturated rings. The fourth-order valence-electron chi connectivity index (χ4n) is 0.961. The number of thiophene rings is 1. The molecule has 0 unspecified atom stereocenters. The second kappa shape index (κ2) is 5.49. The fourth-order valence-corrected chi connectivity index (χ4v) is 1.69. The second-order valence-corrected chi connectivity index (χ2v) is 3.34. The summed E-state index contributed by atoms with van der Waals surface area (Å²) in [6, 6.07) is 3.97. The average molecular weight is 194 g/mol. The van der Waals surface area contributed by atoms with Crippen LogP contribution in [0, 0.1) is 0 Å². The summed E-state index contributed by atoms with van der Waals surface area (Å²) in [5.41, 5.74) is 1.00. The van der Waals surface area contributed by atoms with Crippen molar-refractivity contribution in [2.24, 2.45) is 0 Å². The number of allylic oxidation sites excluding steroid dienone is 5. The van der Waals surface area contributed by atoms with Crippen LogP contribution in [0.2, 0.25) is 0 Å². The molecule has 1 rings (SSSR count). The van der Waals surface area contributed by atoms with E-state index < -0.39 is 6.67 Å². The zero-order valence-corrected chi connectivity index (χ0v) is 8.06. The molecule has 0 nitrogen and oxygen atoms in total. The molecule has 2 heteroatoms. The fraction of sp³-hybridized carbons (Fsp3) is 0.0909. The first-order chi connectivity index (χ1) is 6.38. The SMILES string of the molecule is C=C/C=C(\C=C/CF)c1cccs1. The van der Waals surface area contributed by atoms with Crippen molar-refractivity contribution in [1.29, 1.82) is 0 Å². The predicted octanol–water partition coefficient (Wildman–Crippen LogP) is 3.84. The zero-order valence-electron chi connectivity index (χ0n) is 7.24. The lowest BCUT2D eigenvalue weighted by atomic mass is 10.2. The van der Waals surface area contributed by atoms with Crippen LogP contribution in [0.1, 0.15) is 4.88 Å². The van der Waals surface area contributed by atoms with Gasteiger partial charge in [0.1, 0.15) is 6.67 Å². The maximum Gasteiger partial charge on any atom is 0.108 e. The Hall–Kier alpha value is -1.15. The molecule has 0 amide bonds. The number of alkyl halides is 1. The van der Waals surface area contributed by atoms with Gasteiger partial charge in [-0.1, -0.05) is 36.9 Å². The van der Waals surface area contributed by atoms with Crippen LogP contribution >= 0.6 is 11.3 Å². The van der Waals surface area contributed by atoms with E-state index in [0.29, 0.717) is 0 Å². The highest BCUT2D eigenvalue weighted by atomic mass is 32.1. The molecule has 0 radical (unpaired) electrons. The summed E-state index contributed by atoms with van der Waals surface area (Å²) in [4.78, 5) is 1.13. The van der Waals surface area contributed by atoms with Gasteiger partial charge in [0, 0.05) is 4.88 Å². The minimum absolute atomic E-state index is 0.431. The largest absolute Gasteiger partial charge is 0.247 e. The van der Waals surface area contributed by atoms with Crippen molar-refractivity contribution in [3.05, 3.63) is 53.3 Å². The van der Waals surface area contributed by atoms with Gasteiger partial charge in [0.05, 0.1) is 0 Å². The average Bonchev–Trinajstić information content (AvgIpc) is 2.65. The van der Waals surface area contributed by atoms with E-state index in [2.05, 4.69) is 6.58 Å². The number of hydrogen-bond donors (Lipinski definition) is 0. The van der Waals surface area contributed by atoms with Gasteiger partial charge >= 0.3 is 0 Å². The summed E-state index contributed by atoms with van der Waals surface area (Å²) in [6.45, 7) is 3.19. The molecule has 0 aliphatic rings. The lowest BCUT2D eigenvalue weighted by Gasteiger charge is -1.95.